The highest BCUT2D eigenvalue weighted by Gasteiger charge is 2.15. The molecule has 0 bridgehead atoms. The fourth-order valence-electron chi connectivity index (χ4n) is 1.80. The van der Waals surface area contributed by atoms with E-state index in [0.717, 1.165) is 12.1 Å². The van der Waals surface area contributed by atoms with Crippen molar-refractivity contribution < 1.29 is 13.2 Å². The summed E-state index contributed by atoms with van der Waals surface area (Å²) in [5, 5.41) is 0. The fraction of sp³-hybridized carbons (Fsp3) is 0.308. The molecule has 8 heteroatoms. The van der Waals surface area contributed by atoms with Gasteiger partial charge >= 0.3 is 0 Å². The van der Waals surface area contributed by atoms with Crippen LogP contribution in [0.1, 0.15) is 10.6 Å². The second-order valence-electron chi connectivity index (χ2n) is 4.37. The average molecular weight is 327 g/mol. The Bertz CT molecular complexity index is 726. The van der Waals surface area contributed by atoms with Crippen LogP contribution in [0.5, 0.6) is 5.75 Å². The van der Waals surface area contributed by atoms with E-state index in [2.05, 4.69) is 9.71 Å². The summed E-state index contributed by atoms with van der Waals surface area (Å²) < 4.78 is 31.2. The smallest absolute Gasteiger partial charge is 0.242 e. The Morgan fingerprint density at radius 2 is 2.19 bits per heavy atom. The Kier molecular flexibility index (Phi) is 4.81. The number of benzene rings is 1. The lowest BCUT2D eigenvalue weighted by Crippen LogP contribution is -2.19. The highest BCUT2D eigenvalue weighted by molar-refractivity contribution is 7.89. The van der Waals surface area contributed by atoms with Crippen LogP contribution < -0.4 is 15.2 Å². The van der Waals surface area contributed by atoms with Gasteiger partial charge in [0.15, 0.2) is 0 Å². The molecule has 6 nitrogen and oxygen atoms in total. The second kappa shape index (κ2) is 6.42. The molecule has 0 amide bonds. The third kappa shape index (κ3) is 3.72. The maximum absolute atomic E-state index is 11.7. The van der Waals surface area contributed by atoms with Gasteiger partial charge < -0.3 is 10.5 Å². The van der Waals surface area contributed by atoms with Gasteiger partial charge in [0, 0.05) is 17.4 Å². The number of anilines is 1. The first-order chi connectivity index (χ1) is 9.94. The molecule has 0 unspecified atom stereocenters. The zero-order valence-electron chi connectivity index (χ0n) is 11.8. The van der Waals surface area contributed by atoms with E-state index in [0.29, 0.717) is 12.4 Å². The van der Waals surface area contributed by atoms with Crippen LogP contribution in [-0.4, -0.2) is 27.1 Å². The maximum Gasteiger partial charge on any atom is 0.242 e. The minimum atomic E-state index is -3.54. The molecule has 1 heterocycles. The van der Waals surface area contributed by atoms with Gasteiger partial charge in [-0.3, -0.25) is 0 Å². The van der Waals surface area contributed by atoms with Crippen LogP contribution >= 0.6 is 11.3 Å². The summed E-state index contributed by atoms with van der Waals surface area (Å²) in [6, 6.07) is 4.55. The summed E-state index contributed by atoms with van der Waals surface area (Å²) in [7, 11) is -2.20. The normalized spacial score (nSPS) is 11.5. The lowest BCUT2D eigenvalue weighted by Gasteiger charge is -2.10. The van der Waals surface area contributed by atoms with Crippen LogP contribution in [0.2, 0.25) is 0 Å². The number of ether oxygens (including phenoxy) is 1. The molecule has 0 saturated heterocycles. The maximum atomic E-state index is 11.7. The first-order valence-electron chi connectivity index (χ1n) is 6.29. The third-order valence-electron chi connectivity index (χ3n) is 2.98. The van der Waals surface area contributed by atoms with Crippen molar-refractivity contribution >= 4 is 27.0 Å². The molecule has 0 spiro atoms. The summed E-state index contributed by atoms with van der Waals surface area (Å²) in [5.41, 5.74) is 8.75. The van der Waals surface area contributed by atoms with E-state index in [-0.39, 0.29) is 10.6 Å². The SMILES string of the molecule is CNS(=O)(=O)c1ccc(OCCc2scnc2C)cc1N. The van der Waals surface area contributed by atoms with Crippen LogP contribution in [0.15, 0.2) is 28.6 Å². The molecule has 0 radical (unpaired) electrons. The van der Waals surface area contributed by atoms with Crippen LogP contribution in [0.25, 0.3) is 0 Å². The second-order valence-corrected chi connectivity index (χ2v) is 7.16. The van der Waals surface area contributed by atoms with Gasteiger partial charge in [0.1, 0.15) is 10.6 Å². The molecule has 3 N–H and O–H groups in total. The third-order valence-corrected chi connectivity index (χ3v) is 5.47. The van der Waals surface area contributed by atoms with Gasteiger partial charge in [-0.15, -0.1) is 11.3 Å². The number of hydrogen-bond donors (Lipinski definition) is 2. The summed E-state index contributed by atoms with van der Waals surface area (Å²) in [6.45, 7) is 2.45. The van der Waals surface area contributed by atoms with Crippen molar-refractivity contribution in [3.63, 3.8) is 0 Å². The van der Waals surface area contributed by atoms with Gasteiger partial charge in [-0.25, -0.2) is 18.1 Å². The lowest BCUT2D eigenvalue weighted by atomic mass is 10.3. The van der Waals surface area contributed by atoms with E-state index >= 15 is 0 Å². The van der Waals surface area contributed by atoms with Crippen molar-refractivity contribution in [1.82, 2.24) is 9.71 Å². The molecular weight excluding hydrogens is 310 g/mol. The molecule has 0 aliphatic carbocycles. The lowest BCUT2D eigenvalue weighted by molar-refractivity contribution is 0.322. The first-order valence-corrected chi connectivity index (χ1v) is 8.65. The molecule has 0 fully saturated rings. The number of rotatable bonds is 6. The minimum absolute atomic E-state index is 0.0515. The number of sulfonamides is 1. The van der Waals surface area contributed by atoms with Gasteiger partial charge in [-0.2, -0.15) is 0 Å². The molecule has 21 heavy (non-hydrogen) atoms. The van der Waals surface area contributed by atoms with Gasteiger partial charge in [0.2, 0.25) is 10.0 Å². The van der Waals surface area contributed by atoms with E-state index in [4.69, 9.17) is 10.5 Å². The molecule has 0 atom stereocenters. The van der Waals surface area contributed by atoms with Crippen LogP contribution in [0.3, 0.4) is 0 Å². The number of thiazole rings is 1. The van der Waals surface area contributed by atoms with Crippen molar-refractivity contribution in [2.45, 2.75) is 18.2 Å². The van der Waals surface area contributed by atoms with E-state index in [1.165, 1.54) is 24.1 Å². The quantitative estimate of drug-likeness (QED) is 0.785. The van der Waals surface area contributed by atoms with Crippen molar-refractivity contribution in [3.8, 4) is 5.75 Å². The predicted octanol–water partition coefficient (Wildman–Crippen LogP) is 1.56. The topological polar surface area (TPSA) is 94.3 Å². The van der Waals surface area contributed by atoms with Gasteiger partial charge in [0.25, 0.3) is 0 Å². The van der Waals surface area contributed by atoms with E-state index < -0.39 is 10.0 Å². The van der Waals surface area contributed by atoms with Crippen LogP contribution in [-0.2, 0) is 16.4 Å². The number of aromatic nitrogens is 1. The van der Waals surface area contributed by atoms with E-state index in [9.17, 15) is 8.42 Å². The molecule has 2 aromatic rings. The molecule has 1 aromatic carbocycles. The molecular formula is C13H17N3O3S2. The average Bonchev–Trinajstić information content (AvgIpc) is 2.84. The standard InChI is InChI=1S/C13H17N3O3S2/c1-9-12(20-8-16-9)5-6-19-10-3-4-13(11(14)7-10)21(17,18)15-2/h3-4,7-8,15H,5-6,14H2,1-2H3. The monoisotopic (exact) mass is 327 g/mol. The number of hydrogen-bond acceptors (Lipinski definition) is 6. The van der Waals surface area contributed by atoms with Gasteiger partial charge in [-0.1, -0.05) is 0 Å². The molecule has 0 saturated carbocycles. The Balaban J connectivity index is 2.02. The highest BCUT2D eigenvalue weighted by atomic mass is 32.2. The Morgan fingerprint density at radius 1 is 1.43 bits per heavy atom. The summed E-state index contributed by atoms with van der Waals surface area (Å²) in [4.78, 5) is 5.40. The minimum Gasteiger partial charge on any atom is -0.493 e. The Labute approximate surface area is 128 Å². The Morgan fingerprint density at radius 3 is 2.76 bits per heavy atom. The highest BCUT2D eigenvalue weighted by Crippen LogP contribution is 2.24. The summed E-state index contributed by atoms with van der Waals surface area (Å²) >= 11 is 1.59. The van der Waals surface area contributed by atoms with Crippen LogP contribution in [0.4, 0.5) is 5.69 Å². The number of aryl methyl sites for hydroxylation is 1. The zero-order chi connectivity index (χ0) is 15.5. The van der Waals surface area contributed by atoms with Crippen LogP contribution in [0, 0.1) is 6.92 Å². The molecule has 114 valence electrons. The Hall–Kier alpha value is -1.64. The predicted molar refractivity (Wildman–Crippen MR) is 83.1 cm³/mol. The zero-order valence-corrected chi connectivity index (χ0v) is 13.4. The van der Waals surface area contributed by atoms with Crippen molar-refractivity contribution in [1.29, 1.82) is 0 Å². The fourth-order valence-corrected chi connectivity index (χ4v) is 3.40. The van der Waals surface area contributed by atoms with Crippen molar-refractivity contribution in [2.75, 3.05) is 19.4 Å². The van der Waals surface area contributed by atoms with E-state index in [1.54, 1.807) is 22.9 Å². The van der Waals surface area contributed by atoms with Gasteiger partial charge in [0.05, 0.1) is 23.5 Å². The van der Waals surface area contributed by atoms with Crippen molar-refractivity contribution in [3.05, 3.63) is 34.3 Å². The summed E-state index contributed by atoms with van der Waals surface area (Å²) in [5.74, 6) is 0.546. The number of nitrogen functional groups attached to an aromatic ring is 1. The number of nitrogens with zero attached hydrogens (tertiary/aromatic N) is 1. The van der Waals surface area contributed by atoms with Crippen molar-refractivity contribution in [2.24, 2.45) is 0 Å². The summed E-state index contributed by atoms with van der Waals surface area (Å²) in [6.07, 6.45) is 0.757. The van der Waals surface area contributed by atoms with E-state index in [1.807, 2.05) is 6.92 Å². The number of nitrogens with two attached hydrogens (primary N) is 1. The number of nitrogens with one attached hydrogen (secondary N) is 1. The molecule has 1 aromatic heterocycles. The van der Waals surface area contributed by atoms with Gasteiger partial charge in [-0.05, 0) is 26.1 Å². The molecule has 2 rings (SSSR count). The first kappa shape index (κ1) is 15.7. The largest absolute Gasteiger partial charge is 0.493 e. The molecule has 0 aliphatic rings. The molecule has 0 aliphatic heterocycles.